The number of benzene rings is 1. The third-order valence-electron chi connectivity index (χ3n) is 2.44. The van der Waals surface area contributed by atoms with Gasteiger partial charge >= 0.3 is 0 Å². The molecule has 3 nitrogen and oxygen atoms in total. The summed E-state index contributed by atoms with van der Waals surface area (Å²) in [5.41, 5.74) is 7.68. The highest BCUT2D eigenvalue weighted by molar-refractivity contribution is 8.00. The standard InChI is InChI=1S/C13H20N2OS/c1-3-6-15-8-11-4-5-12(7-10(11)2)17-9-13(14)16/h4-5,7,15H,3,6,8-9H2,1-2H3,(H2,14,16). The smallest absolute Gasteiger partial charge is 0.227 e. The number of carbonyl (C=O) groups is 1. The zero-order valence-corrected chi connectivity index (χ0v) is 11.3. The minimum atomic E-state index is -0.277. The number of aryl methyl sites for hydroxylation is 1. The Hall–Kier alpha value is -1.00. The van der Waals surface area contributed by atoms with Crippen molar-refractivity contribution in [2.75, 3.05) is 12.3 Å². The zero-order chi connectivity index (χ0) is 12.7. The van der Waals surface area contributed by atoms with E-state index in [9.17, 15) is 4.79 Å². The van der Waals surface area contributed by atoms with E-state index in [1.807, 2.05) is 6.07 Å². The molecular weight excluding hydrogens is 232 g/mol. The number of primary amides is 1. The summed E-state index contributed by atoms with van der Waals surface area (Å²) in [5, 5.41) is 3.38. The first kappa shape index (κ1) is 14.1. The average Bonchev–Trinajstić information content (AvgIpc) is 2.29. The van der Waals surface area contributed by atoms with Gasteiger partial charge in [-0.2, -0.15) is 0 Å². The number of amides is 1. The molecule has 0 radical (unpaired) electrons. The van der Waals surface area contributed by atoms with Gasteiger partial charge in [0.1, 0.15) is 0 Å². The summed E-state index contributed by atoms with van der Waals surface area (Å²) < 4.78 is 0. The number of hydrogen-bond donors (Lipinski definition) is 2. The Kier molecular flexibility index (Phi) is 6.08. The van der Waals surface area contributed by atoms with E-state index in [-0.39, 0.29) is 5.91 Å². The third-order valence-corrected chi connectivity index (χ3v) is 3.45. The number of rotatable bonds is 7. The minimum absolute atomic E-state index is 0.277. The average molecular weight is 252 g/mol. The molecule has 3 N–H and O–H groups in total. The highest BCUT2D eigenvalue weighted by Crippen LogP contribution is 2.21. The lowest BCUT2D eigenvalue weighted by molar-refractivity contribution is -0.115. The van der Waals surface area contributed by atoms with Crippen LogP contribution in [0.2, 0.25) is 0 Å². The van der Waals surface area contributed by atoms with Crippen LogP contribution < -0.4 is 11.1 Å². The highest BCUT2D eigenvalue weighted by atomic mass is 32.2. The molecule has 0 bridgehead atoms. The van der Waals surface area contributed by atoms with Gasteiger partial charge < -0.3 is 11.1 Å². The monoisotopic (exact) mass is 252 g/mol. The zero-order valence-electron chi connectivity index (χ0n) is 10.5. The summed E-state index contributed by atoms with van der Waals surface area (Å²) in [6.45, 7) is 6.19. The fourth-order valence-electron chi connectivity index (χ4n) is 1.51. The second-order valence-electron chi connectivity index (χ2n) is 4.02. The van der Waals surface area contributed by atoms with Crippen LogP contribution in [0, 0.1) is 6.92 Å². The molecule has 0 saturated carbocycles. The van der Waals surface area contributed by atoms with Crippen molar-refractivity contribution in [3.8, 4) is 0 Å². The normalized spacial score (nSPS) is 10.5. The Bertz CT molecular complexity index is 380. The quantitative estimate of drug-likeness (QED) is 0.577. The van der Waals surface area contributed by atoms with E-state index in [0.29, 0.717) is 5.75 Å². The van der Waals surface area contributed by atoms with Crippen molar-refractivity contribution in [3.63, 3.8) is 0 Å². The molecule has 1 aromatic carbocycles. The first-order valence-corrected chi connectivity index (χ1v) is 6.83. The second-order valence-corrected chi connectivity index (χ2v) is 5.07. The van der Waals surface area contributed by atoms with Gasteiger partial charge in [0.2, 0.25) is 5.91 Å². The fourth-order valence-corrected chi connectivity index (χ4v) is 2.24. The van der Waals surface area contributed by atoms with E-state index in [4.69, 9.17) is 5.73 Å². The predicted molar refractivity (Wildman–Crippen MR) is 73.1 cm³/mol. The summed E-state index contributed by atoms with van der Waals surface area (Å²) in [4.78, 5) is 11.8. The SMILES string of the molecule is CCCNCc1ccc(SCC(N)=O)cc1C. The van der Waals surface area contributed by atoms with Gasteiger partial charge in [0, 0.05) is 11.4 Å². The van der Waals surface area contributed by atoms with Gasteiger partial charge in [-0.25, -0.2) is 0 Å². The first-order chi connectivity index (χ1) is 8.13. The molecule has 0 aliphatic carbocycles. The molecule has 0 spiro atoms. The Balaban J connectivity index is 2.56. The van der Waals surface area contributed by atoms with E-state index in [2.05, 4.69) is 31.3 Å². The largest absolute Gasteiger partial charge is 0.369 e. The molecule has 4 heteroatoms. The van der Waals surface area contributed by atoms with Crippen molar-refractivity contribution in [2.24, 2.45) is 5.73 Å². The van der Waals surface area contributed by atoms with Crippen LogP contribution in [0.4, 0.5) is 0 Å². The summed E-state index contributed by atoms with van der Waals surface area (Å²) in [5.74, 6) is 0.0636. The molecule has 0 heterocycles. The van der Waals surface area contributed by atoms with Crippen LogP contribution in [0.3, 0.4) is 0 Å². The van der Waals surface area contributed by atoms with E-state index < -0.39 is 0 Å². The van der Waals surface area contributed by atoms with E-state index in [1.165, 1.54) is 22.9 Å². The Morgan fingerprint density at radius 3 is 2.82 bits per heavy atom. The van der Waals surface area contributed by atoms with E-state index in [0.717, 1.165) is 24.4 Å². The van der Waals surface area contributed by atoms with E-state index in [1.54, 1.807) is 0 Å². The maximum Gasteiger partial charge on any atom is 0.227 e. The molecular formula is C13H20N2OS. The topological polar surface area (TPSA) is 55.1 Å². The summed E-state index contributed by atoms with van der Waals surface area (Å²) in [7, 11) is 0. The van der Waals surface area contributed by atoms with Crippen LogP contribution in [0.1, 0.15) is 24.5 Å². The fraction of sp³-hybridized carbons (Fsp3) is 0.462. The van der Waals surface area contributed by atoms with Crippen molar-refractivity contribution in [1.29, 1.82) is 0 Å². The number of hydrogen-bond acceptors (Lipinski definition) is 3. The lowest BCUT2D eigenvalue weighted by Gasteiger charge is -2.09. The van der Waals surface area contributed by atoms with Crippen molar-refractivity contribution in [3.05, 3.63) is 29.3 Å². The second kappa shape index (κ2) is 7.35. The molecule has 0 aliphatic heterocycles. The molecule has 17 heavy (non-hydrogen) atoms. The molecule has 94 valence electrons. The van der Waals surface area contributed by atoms with Gasteiger partial charge in [-0.15, -0.1) is 11.8 Å². The Morgan fingerprint density at radius 1 is 1.47 bits per heavy atom. The summed E-state index contributed by atoms with van der Waals surface area (Å²) in [6.07, 6.45) is 1.14. The van der Waals surface area contributed by atoms with Crippen LogP contribution in [0.25, 0.3) is 0 Å². The maximum atomic E-state index is 10.7. The molecule has 0 unspecified atom stereocenters. The van der Waals surface area contributed by atoms with Gasteiger partial charge in [-0.05, 0) is 43.1 Å². The molecule has 1 aromatic rings. The van der Waals surface area contributed by atoms with Gasteiger partial charge in [0.15, 0.2) is 0 Å². The molecule has 0 fully saturated rings. The molecule has 1 amide bonds. The number of carbonyl (C=O) groups excluding carboxylic acids is 1. The van der Waals surface area contributed by atoms with Crippen molar-refractivity contribution in [1.82, 2.24) is 5.32 Å². The highest BCUT2D eigenvalue weighted by Gasteiger charge is 2.02. The molecule has 1 rings (SSSR count). The van der Waals surface area contributed by atoms with Gasteiger partial charge in [-0.1, -0.05) is 13.0 Å². The first-order valence-electron chi connectivity index (χ1n) is 5.84. The lowest BCUT2D eigenvalue weighted by atomic mass is 10.1. The minimum Gasteiger partial charge on any atom is -0.369 e. The predicted octanol–water partition coefficient (Wildman–Crippen LogP) is 2.07. The lowest BCUT2D eigenvalue weighted by Crippen LogP contribution is -2.14. The van der Waals surface area contributed by atoms with Gasteiger partial charge in [0.05, 0.1) is 5.75 Å². The van der Waals surface area contributed by atoms with Gasteiger partial charge in [0.25, 0.3) is 0 Å². The number of thioether (sulfide) groups is 1. The van der Waals surface area contributed by atoms with Crippen LogP contribution in [0.5, 0.6) is 0 Å². The maximum absolute atomic E-state index is 10.7. The summed E-state index contributed by atoms with van der Waals surface area (Å²) >= 11 is 1.48. The van der Waals surface area contributed by atoms with Crippen molar-refractivity contribution < 1.29 is 4.79 Å². The number of nitrogens with two attached hydrogens (primary N) is 1. The van der Waals surface area contributed by atoms with Gasteiger partial charge in [-0.3, -0.25) is 4.79 Å². The van der Waals surface area contributed by atoms with Crippen LogP contribution in [0.15, 0.2) is 23.1 Å². The molecule has 0 aromatic heterocycles. The Morgan fingerprint density at radius 2 is 2.24 bits per heavy atom. The number of nitrogens with one attached hydrogen (secondary N) is 1. The van der Waals surface area contributed by atoms with Crippen molar-refractivity contribution >= 4 is 17.7 Å². The molecule has 0 atom stereocenters. The van der Waals surface area contributed by atoms with Crippen LogP contribution in [-0.4, -0.2) is 18.2 Å². The molecule has 0 saturated heterocycles. The van der Waals surface area contributed by atoms with Crippen LogP contribution >= 0.6 is 11.8 Å². The third kappa shape index (κ3) is 5.24. The van der Waals surface area contributed by atoms with Crippen LogP contribution in [-0.2, 0) is 11.3 Å². The van der Waals surface area contributed by atoms with Crippen molar-refractivity contribution in [2.45, 2.75) is 31.7 Å². The summed E-state index contributed by atoms with van der Waals surface area (Å²) in [6, 6.07) is 6.27. The Labute approximate surface area is 107 Å². The molecule has 0 aliphatic rings. The van der Waals surface area contributed by atoms with E-state index >= 15 is 0 Å².